The van der Waals surface area contributed by atoms with Crippen molar-refractivity contribution in [3.8, 4) is 11.4 Å². The summed E-state index contributed by atoms with van der Waals surface area (Å²) in [4.78, 5) is 14.4. The summed E-state index contributed by atoms with van der Waals surface area (Å²) in [6, 6.07) is 7.43. The maximum Gasteiger partial charge on any atom is 0.321 e. The number of likely N-dealkylation sites (tertiary alicyclic amines) is 1. The molecule has 2 amide bonds. The summed E-state index contributed by atoms with van der Waals surface area (Å²) in [5, 5.41) is 14.4. The number of anilines is 1. The molecule has 0 spiro atoms. The molecule has 3 heterocycles. The molecule has 1 N–H and O–H groups in total. The maximum absolute atomic E-state index is 12.6. The van der Waals surface area contributed by atoms with E-state index in [0.29, 0.717) is 38.0 Å². The Morgan fingerprint density at radius 3 is 2.69 bits per heavy atom. The number of rotatable bonds is 3. The van der Waals surface area contributed by atoms with Crippen molar-refractivity contribution in [1.82, 2.24) is 25.1 Å². The summed E-state index contributed by atoms with van der Waals surface area (Å²) < 4.78 is 12.8. The molecular formula is C17H22N6O3. The zero-order valence-electron chi connectivity index (χ0n) is 14.7. The molecular weight excluding hydrogens is 336 g/mol. The van der Waals surface area contributed by atoms with Crippen molar-refractivity contribution in [2.75, 3.05) is 31.6 Å². The lowest BCUT2D eigenvalue weighted by atomic mass is 9.96. The minimum atomic E-state index is -0.100. The first-order valence-electron chi connectivity index (χ1n) is 8.82. The third-order valence-electron chi connectivity index (χ3n) is 4.85. The number of hydrogen-bond acceptors (Lipinski definition) is 6. The van der Waals surface area contributed by atoms with E-state index in [2.05, 4.69) is 20.8 Å². The van der Waals surface area contributed by atoms with Crippen molar-refractivity contribution in [2.45, 2.75) is 19.1 Å². The van der Waals surface area contributed by atoms with Gasteiger partial charge in [-0.1, -0.05) is 12.1 Å². The number of benzene rings is 1. The summed E-state index contributed by atoms with van der Waals surface area (Å²) in [5.41, 5.74) is 1.57. The summed E-state index contributed by atoms with van der Waals surface area (Å²) in [6.07, 6.45) is 1.68. The number of aryl methyl sites for hydroxylation is 1. The topological polar surface area (TPSA) is 94.4 Å². The first-order chi connectivity index (χ1) is 12.7. The molecule has 2 aliphatic heterocycles. The van der Waals surface area contributed by atoms with Crippen molar-refractivity contribution >= 4 is 11.7 Å². The Bertz CT molecular complexity index is 765. The molecule has 1 aromatic carbocycles. The van der Waals surface area contributed by atoms with Crippen LogP contribution in [0.25, 0.3) is 11.4 Å². The molecule has 0 radical (unpaired) electrons. The summed E-state index contributed by atoms with van der Waals surface area (Å²) >= 11 is 0. The van der Waals surface area contributed by atoms with E-state index in [1.165, 1.54) is 0 Å². The summed E-state index contributed by atoms with van der Waals surface area (Å²) in [6.45, 7) is 2.74. The average Bonchev–Trinajstić information content (AvgIpc) is 3.34. The van der Waals surface area contributed by atoms with Gasteiger partial charge in [-0.3, -0.25) is 0 Å². The number of carbonyl (C=O) groups is 1. The molecule has 2 aromatic rings. The number of nitrogens with one attached hydrogen (secondary N) is 1. The quantitative estimate of drug-likeness (QED) is 0.893. The van der Waals surface area contributed by atoms with E-state index < -0.39 is 0 Å². The lowest BCUT2D eigenvalue weighted by Gasteiger charge is -2.33. The van der Waals surface area contributed by atoms with E-state index in [1.54, 1.807) is 11.7 Å². The van der Waals surface area contributed by atoms with Gasteiger partial charge in [-0.2, -0.15) is 0 Å². The van der Waals surface area contributed by atoms with Gasteiger partial charge in [-0.15, -0.1) is 5.10 Å². The van der Waals surface area contributed by atoms with E-state index in [4.69, 9.17) is 9.47 Å². The molecule has 0 atom stereocenters. The first kappa shape index (κ1) is 16.9. The molecule has 0 bridgehead atoms. The van der Waals surface area contributed by atoms with Gasteiger partial charge >= 0.3 is 6.03 Å². The van der Waals surface area contributed by atoms with Crippen LogP contribution in [0.4, 0.5) is 10.5 Å². The number of urea groups is 1. The van der Waals surface area contributed by atoms with Crippen molar-refractivity contribution in [1.29, 1.82) is 0 Å². The third kappa shape index (κ3) is 3.54. The van der Waals surface area contributed by atoms with Crippen LogP contribution in [0.15, 0.2) is 24.3 Å². The van der Waals surface area contributed by atoms with Crippen LogP contribution in [0.2, 0.25) is 0 Å². The minimum Gasteiger partial charge on any atom is -0.350 e. The summed E-state index contributed by atoms with van der Waals surface area (Å²) in [7, 11) is 1.78. The van der Waals surface area contributed by atoms with Crippen LogP contribution in [0.5, 0.6) is 0 Å². The number of piperidine rings is 1. The van der Waals surface area contributed by atoms with Gasteiger partial charge in [0.25, 0.3) is 0 Å². The zero-order valence-corrected chi connectivity index (χ0v) is 14.7. The van der Waals surface area contributed by atoms with Gasteiger partial charge < -0.3 is 19.7 Å². The van der Waals surface area contributed by atoms with Gasteiger partial charge in [0.05, 0.1) is 13.2 Å². The monoisotopic (exact) mass is 358 g/mol. The van der Waals surface area contributed by atoms with E-state index >= 15 is 0 Å². The number of tetrazole rings is 1. The fraction of sp³-hybridized carbons (Fsp3) is 0.529. The molecule has 0 unspecified atom stereocenters. The zero-order chi connectivity index (χ0) is 17.9. The predicted octanol–water partition coefficient (Wildman–Crippen LogP) is 1.49. The molecule has 2 fully saturated rings. The number of amides is 2. The molecule has 26 heavy (non-hydrogen) atoms. The Morgan fingerprint density at radius 1 is 1.23 bits per heavy atom. The minimum absolute atomic E-state index is 0.0926. The van der Waals surface area contributed by atoms with Crippen molar-refractivity contribution < 1.29 is 14.3 Å². The number of hydrogen-bond donors (Lipinski definition) is 1. The molecule has 9 nitrogen and oxygen atoms in total. The third-order valence-corrected chi connectivity index (χ3v) is 4.85. The molecule has 2 saturated heterocycles. The predicted molar refractivity (Wildman–Crippen MR) is 93.2 cm³/mol. The van der Waals surface area contributed by atoms with Crippen LogP contribution in [0.3, 0.4) is 0 Å². The number of aromatic nitrogens is 4. The Hall–Kier alpha value is -2.52. The molecule has 4 rings (SSSR count). The van der Waals surface area contributed by atoms with Crippen molar-refractivity contribution in [3.63, 3.8) is 0 Å². The first-order valence-corrected chi connectivity index (χ1v) is 8.82. The molecule has 138 valence electrons. The van der Waals surface area contributed by atoms with Crippen molar-refractivity contribution in [2.24, 2.45) is 13.0 Å². The Kier molecular flexibility index (Phi) is 4.81. The Balaban J connectivity index is 1.36. The second-order valence-corrected chi connectivity index (χ2v) is 6.57. The second kappa shape index (κ2) is 7.38. The van der Waals surface area contributed by atoms with E-state index in [0.717, 1.165) is 24.1 Å². The lowest BCUT2D eigenvalue weighted by molar-refractivity contribution is -0.0950. The van der Waals surface area contributed by atoms with Crippen LogP contribution >= 0.6 is 0 Å². The van der Waals surface area contributed by atoms with Gasteiger partial charge in [0, 0.05) is 37.3 Å². The normalized spacial score (nSPS) is 19.0. The highest BCUT2D eigenvalue weighted by Crippen LogP contribution is 2.26. The van der Waals surface area contributed by atoms with E-state index in [-0.39, 0.29) is 12.3 Å². The Morgan fingerprint density at radius 2 is 2.00 bits per heavy atom. The number of carbonyl (C=O) groups excluding carboxylic acids is 1. The maximum atomic E-state index is 12.6. The van der Waals surface area contributed by atoms with Crippen LogP contribution in [-0.4, -0.2) is 63.7 Å². The standard InChI is InChI=1S/C17H22N6O3/c1-22-15(19-20-21-22)13-3-2-4-14(11-13)18-17(24)23-7-5-12(6-8-23)16-25-9-10-26-16/h2-4,11-12,16H,5-10H2,1H3,(H,18,24). The molecule has 0 saturated carbocycles. The fourth-order valence-electron chi connectivity index (χ4n) is 3.44. The van der Waals surface area contributed by atoms with Gasteiger partial charge in [0.2, 0.25) is 0 Å². The molecule has 0 aliphatic carbocycles. The number of nitrogens with zero attached hydrogens (tertiary/aromatic N) is 5. The van der Waals surface area contributed by atoms with Gasteiger partial charge in [0.15, 0.2) is 12.1 Å². The fourth-order valence-corrected chi connectivity index (χ4v) is 3.44. The van der Waals surface area contributed by atoms with E-state index in [9.17, 15) is 4.79 Å². The Labute approximate surface area is 151 Å². The average molecular weight is 358 g/mol. The highest BCUT2D eigenvalue weighted by Gasteiger charge is 2.31. The molecule has 1 aromatic heterocycles. The number of ether oxygens (including phenoxy) is 2. The van der Waals surface area contributed by atoms with Crippen LogP contribution in [-0.2, 0) is 16.5 Å². The van der Waals surface area contributed by atoms with Crippen molar-refractivity contribution in [3.05, 3.63) is 24.3 Å². The van der Waals surface area contributed by atoms with Gasteiger partial charge in [-0.25, -0.2) is 9.48 Å². The molecule has 2 aliphatic rings. The van der Waals surface area contributed by atoms with Crippen LogP contribution in [0.1, 0.15) is 12.8 Å². The van der Waals surface area contributed by atoms with Gasteiger partial charge in [-0.05, 0) is 35.4 Å². The largest absolute Gasteiger partial charge is 0.350 e. The smallest absolute Gasteiger partial charge is 0.321 e. The van der Waals surface area contributed by atoms with Crippen LogP contribution < -0.4 is 5.32 Å². The van der Waals surface area contributed by atoms with Crippen LogP contribution in [0, 0.1) is 5.92 Å². The van der Waals surface area contributed by atoms with E-state index in [1.807, 2.05) is 29.2 Å². The summed E-state index contributed by atoms with van der Waals surface area (Å²) in [5.74, 6) is 1.02. The highest BCUT2D eigenvalue weighted by atomic mass is 16.7. The second-order valence-electron chi connectivity index (χ2n) is 6.57. The highest BCUT2D eigenvalue weighted by molar-refractivity contribution is 5.90. The van der Waals surface area contributed by atoms with Gasteiger partial charge in [0.1, 0.15) is 0 Å². The molecule has 9 heteroatoms. The lowest BCUT2D eigenvalue weighted by Crippen LogP contribution is -2.43. The SMILES string of the molecule is Cn1nnnc1-c1cccc(NC(=O)N2CCC(C3OCCO3)CC2)c1.